The molecule has 2 aromatic carbocycles. The molecule has 0 spiro atoms. The van der Waals surface area contributed by atoms with Crippen molar-refractivity contribution < 1.29 is 14.7 Å². The normalized spacial score (nSPS) is 10.1. The van der Waals surface area contributed by atoms with Gasteiger partial charge in [-0.1, -0.05) is 18.2 Å². The Labute approximate surface area is 116 Å². The minimum atomic E-state index is -1.04. The number of nitrogens with two attached hydrogens (primary N) is 1. The van der Waals surface area contributed by atoms with Crippen molar-refractivity contribution in [1.82, 2.24) is 0 Å². The number of carboxylic acid groups (broad SMARTS) is 1. The number of carboxylic acids is 1. The first-order valence-electron chi connectivity index (χ1n) is 6.04. The molecule has 0 aliphatic heterocycles. The Balaban J connectivity index is 2.18. The van der Waals surface area contributed by atoms with Crippen LogP contribution in [0.1, 0.15) is 26.3 Å². The number of amides is 1. The predicted molar refractivity (Wildman–Crippen MR) is 75.7 cm³/mol. The third kappa shape index (κ3) is 3.21. The quantitative estimate of drug-likeness (QED) is 0.793. The molecule has 102 valence electrons. The molecule has 0 unspecified atom stereocenters. The number of aromatic carboxylic acids is 1. The highest BCUT2D eigenvalue weighted by Crippen LogP contribution is 2.13. The second-order valence-corrected chi connectivity index (χ2v) is 4.24. The summed E-state index contributed by atoms with van der Waals surface area (Å²) in [6.45, 7) is 0.357. The molecule has 20 heavy (non-hydrogen) atoms. The van der Waals surface area contributed by atoms with E-state index in [1.165, 1.54) is 12.1 Å². The van der Waals surface area contributed by atoms with Crippen LogP contribution in [-0.4, -0.2) is 17.0 Å². The van der Waals surface area contributed by atoms with Crippen LogP contribution in [0.25, 0.3) is 0 Å². The maximum absolute atomic E-state index is 12.1. The molecule has 0 atom stereocenters. The maximum atomic E-state index is 12.1. The summed E-state index contributed by atoms with van der Waals surface area (Å²) >= 11 is 0. The molecule has 0 bridgehead atoms. The minimum absolute atomic E-state index is 0.124. The number of carbonyl (C=O) groups is 2. The zero-order valence-electron chi connectivity index (χ0n) is 10.7. The van der Waals surface area contributed by atoms with Gasteiger partial charge in [0.15, 0.2) is 0 Å². The van der Waals surface area contributed by atoms with E-state index in [0.717, 1.165) is 5.56 Å². The van der Waals surface area contributed by atoms with Gasteiger partial charge in [-0.25, -0.2) is 4.79 Å². The van der Waals surface area contributed by atoms with Crippen LogP contribution in [0, 0.1) is 0 Å². The first-order valence-corrected chi connectivity index (χ1v) is 6.04. The Morgan fingerprint density at radius 1 is 1.05 bits per heavy atom. The van der Waals surface area contributed by atoms with Crippen molar-refractivity contribution in [1.29, 1.82) is 0 Å². The molecule has 0 radical (unpaired) electrons. The van der Waals surface area contributed by atoms with Gasteiger partial charge in [0.1, 0.15) is 0 Å². The first kappa shape index (κ1) is 13.8. The Hall–Kier alpha value is -2.66. The van der Waals surface area contributed by atoms with Crippen molar-refractivity contribution in [3.63, 3.8) is 0 Å². The van der Waals surface area contributed by atoms with Gasteiger partial charge in [0, 0.05) is 17.8 Å². The van der Waals surface area contributed by atoms with E-state index in [4.69, 9.17) is 10.8 Å². The summed E-state index contributed by atoms with van der Waals surface area (Å²) in [5, 5.41) is 11.6. The summed E-state index contributed by atoms with van der Waals surface area (Å²) in [5.41, 5.74) is 7.43. The highest BCUT2D eigenvalue weighted by Gasteiger charge is 2.08. The van der Waals surface area contributed by atoms with Gasteiger partial charge in [-0.15, -0.1) is 0 Å². The number of anilines is 1. The molecule has 1 amide bonds. The van der Waals surface area contributed by atoms with Crippen LogP contribution in [0.4, 0.5) is 5.69 Å². The van der Waals surface area contributed by atoms with Crippen LogP contribution in [0.2, 0.25) is 0 Å². The lowest BCUT2D eigenvalue weighted by atomic mass is 10.1. The molecule has 2 aromatic rings. The van der Waals surface area contributed by atoms with E-state index in [-0.39, 0.29) is 11.5 Å². The first-order chi connectivity index (χ1) is 9.60. The van der Waals surface area contributed by atoms with Crippen molar-refractivity contribution in [3.8, 4) is 0 Å². The Bertz CT molecular complexity index is 653. The summed E-state index contributed by atoms with van der Waals surface area (Å²) < 4.78 is 0. The summed E-state index contributed by atoms with van der Waals surface area (Å²) in [5.74, 6) is -1.34. The van der Waals surface area contributed by atoms with E-state index in [0.29, 0.717) is 17.8 Å². The molecule has 0 aliphatic carbocycles. The number of benzene rings is 2. The fourth-order valence-corrected chi connectivity index (χ4v) is 1.77. The van der Waals surface area contributed by atoms with Gasteiger partial charge in [0.2, 0.25) is 0 Å². The van der Waals surface area contributed by atoms with E-state index in [9.17, 15) is 9.59 Å². The van der Waals surface area contributed by atoms with E-state index in [1.807, 2.05) is 6.07 Å². The molecule has 5 heteroatoms. The SMILES string of the molecule is NCc1cccc(C(=O)Nc2cccc(C(=O)O)c2)c1. The van der Waals surface area contributed by atoms with Crippen LogP contribution in [-0.2, 0) is 6.54 Å². The van der Waals surface area contributed by atoms with E-state index < -0.39 is 5.97 Å². The van der Waals surface area contributed by atoms with Gasteiger partial charge in [-0.2, -0.15) is 0 Å². The van der Waals surface area contributed by atoms with Crippen LogP contribution >= 0.6 is 0 Å². The largest absolute Gasteiger partial charge is 0.478 e. The number of nitrogens with one attached hydrogen (secondary N) is 1. The minimum Gasteiger partial charge on any atom is -0.478 e. The lowest BCUT2D eigenvalue weighted by Gasteiger charge is -2.07. The van der Waals surface area contributed by atoms with Crippen molar-refractivity contribution in [2.45, 2.75) is 6.54 Å². The highest BCUT2D eigenvalue weighted by molar-refractivity contribution is 6.04. The Morgan fingerprint density at radius 2 is 1.75 bits per heavy atom. The van der Waals surface area contributed by atoms with E-state index in [2.05, 4.69) is 5.32 Å². The third-order valence-electron chi connectivity index (χ3n) is 2.79. The van der Waals surface area contributed by atoms with Gasteiger partial charge in [0.25, 0.3) is 5.91 Å². The number of hydrogen-bond donors (Lipinski definition) is 3. The van der Waals surface area contributed by atoms with Gasteiger partial charge >= 0.3 is 5.97 Å². The fourth-order valence-electron chi connectivity index (χ4n) is 1.77. The van der Waals surface area contributed by atoms with Crippen LogP contribution < -0.4 is 11.1 Å². The average Bonchev–Trinajstić information content (AvgIpc) is 2.47. The van der Waals surface area contributed by atoms with Gasteiger partial charge in [-0.05, 0) is 35.9 Å². The zero-order valence-corrected chi connectivity index (χ0v) is 10.7. The predicted octanol–water partition coefficient (Wildman–Crippen LogP) is 2.10. The lowest BCUT2D eigenvalue weighted by Crippen LogP contribution is -2.13. The van der Waals surface area contributed by atoms with Crippen LogP contribution in [0.5, 0.6) is 0 Å². The second-order valence-electron chi connectivity index (χ2n) is 4.24. The fraction of sp³-hybridized carbons (Fsp3) is 0.0667. The monoisotopic (exact) mass is 270 g/mol. The average molecular weight is 270 g/mol. The summed E-state index contributed by atoms with van der Waals surface area (Å²) in [6, 6.07) is 13.1. The highest BCUT2D eigenvalue weighted by atomic mass is 16.4. The van der Waals surface area contributed by atoms with Crippen LogP contribution in [0.15, 0.2) is 48.5 Å². The molecule has 0 saturated heterocycles. The zero-order chi connectivity index (χ0) is 14.5. The molecule has 0 saturated carbocycles. The lowest BCUT2D eigenvalue weighted by molar-refractivity contribution is 0.0696. The molecule has 5 nitrogen and oxygen atoms in total. The molecule has 0 aromatic heterocycles. The van der Waals surface area contributed by atoms with E-state index >= 15 is 0 Å². The van der Waals surface area contributed by atoms with Crippen molar-refractivity contribution in [2.75, 3.05) is 5.32 Å². The van der Waals surface area contributed by atoms with Crippen molar-refractivity contribution in [2.24, 2.45) is 5.73 Å². The Morgan fingerprint density at radius 3 is 2.45 bits per heavy atom. The second kappa shape index (κ2) is 5.99. The number of rotatable bonds is 4. The van der Waals surface area contributed by atoms with Crippen molar-refractivity contribution in [3.05, 3.63) is 65.2 Å². The van der Waals surface area contributed by atoms with Gasteiger partial charge in [-0.3, -0.25) is 4.79 Å². The molecule has 0 aliphatic rings. The molecule has 4 N–H and O–H groups in total. The number of hydrogen-bond acceptors (Lipinski definition) is 3. The molecule has 0 fully saturated rings. The van der Waals surface area contributed by atoms with Crippen molar-refractivity contribution >= 4 is 17.6 Å². The third-order valence-corrected chi connectivity index (χ3v) is 2.79. The standard InChI is InChI=1S/C15H14N2O3/c16-9-10-3-1-4-11(7-10)14(18)17-13-6-2-5-12(8-13)15(19)20/h1-8H,9,16H2,(H,17,18)(H,19,20). The summed E-state index contributed by atoms with van der Waals surface area (Å²) in [7, 11) is 0. The Kier molecular flexibility index (Phi) is 4.12. The maximum Gasteiger partial charge on any atom is 0.335 e. The smallest absolute Gasteiger partial charge is 0.335 e. The molecular weight excluding hydrogens is 256 g/mol. The molecule has 2 rings (SSSR count). The van der Waals surface area contributed by atoms with E-state index in [1.54, 1.807) is 30.3 Å². The van der Waals surface area contributed by atoms with Gasteiger partial charge < -0.3 is 16.2 Å². The van der Waals surface area contributed by atoms with Crippen LogP contribution in [0.3, 0.4) is 0 Å². The molecule has 0 heterocycles. The number of carbonyl (C=O) groups excluding carboxylic acids is 1. The summed E-state index contributed by atoms with van der Waals surface area (Å²) in [4.78, 5) is 22.9. The molecular formula is C15H14N2O3. The summed E-state index contributed by atoms with van der Waals surface area (Å²) in [6.07, 6.45) is 0. The topological polar surface area (TPSA) is 92.4 Å². The van der Waals surface area contributed by atoms with Gasteiger partial charge in [0.05, 0.1) is 5.56 Å².